The van der Waals surface area contributed by atoms with Crippen LogP contribution in [0.1, 0.15) is 40.7 Å². The van der Waals surface area contributed by atoms with Gasteiger partial charge in [-0.2, -0.15) is 18.3 Å². The van der Waals surface area contributed by atoms with E-state index in [1.54, 1.807) is 7.11 Å². The van der Waals surface area contributed by atoms with Gasteiger partial charge in [-0.1, -0.05) is 12.1 Å². The van der Waals surface area contributed by atoms with Crippen molar-refractivity contribution in [3.8, 4) is 5.75 Å². The van der Waals surface area contributed by atoms with Crippen LogP contribution in [0.5, 0.6) is 5.75 Å². The highest BCUT2D eigenvalue weighted by molar-refractivity contribution is 5.92. The second-order valence-corrected chi connectivity index (χ2v) is 6.81. The summed E-state index contributed by atoms with van der Waals surface area (Å²) in [4.78, 5) is 14.3. The van der Waals surface area contributed by atoms with Gasteiger partial charge in [0.25, 0.3) is 5.91 Å². The molecule has 0 saturated heterocycles. The minimum atomic E-state index is -4.58. The fourth-order valence-corrected chi connectivity index (χ4v) is 3.18. The second-order valence-electron chi connectivity index (χ2n) is 6.81. The maximum Gasteiger partial charge on any atom is 0.432 e. The van der Waals surface area contributed by atoms with E-state index in [0.29, 0.717) is 19.6 Å². The lowest BCUT2D eigenvalue weighted by molar-refractivity contribution is -0.141. The molecule has 2 aromatic rings. The molecule has 9 heteroatoms. The third kappa shape index (κ3) is 4.64. The standard InChI is InChI=1S/C19H22F3N3O3/c1-12-8-14-9-13(4-5-16(14)28-12)11-25(6-3-7-27-2)18(26)15-10-17(24-23-15)19(20,21)22/h4-5,9-10,12H,3,6-8,11H2,1-2H3,(H,23,24). The minimum absolute atomic E-state index is 0.106. The summed E-state index contributed by atoms with van der Waals surface area (Å²) in [6.45, 7) is 3.02. The van der Waals surface area contributed by atoms with Gasteiger partial charge >= 0.3 is 6.18 Å². The van der Waals surface area contributed by atoms with Crippen molar-refractivity contribution in [3.05, 3.63) is 46.8 Å². The predicted octanol–water partition coefficient (Wildman–Crippen LogP) is 3.43. The molecule has 1 aromatic heterocycles. The maximum atomic E-state index is 12.8. The van der Waals surface area contributed by atoms with Crippen LogP contribution in [0.25, 0.3) is 0 Å². The lowest BCUT2D eigenvalue weighted by Gasteiger charge is -2.22. The van der Waals surface area contributed by atoms with Crippen LogP contribution in [-0.4, -0.2) is 47.4 Å². The van der Waals surface area contributed by atoms with Crippen LogP contribution < -0.4 is 4.74 Å². The van der Waals surface area contributed by atoms with Crippen molar-refractivity contribution in [2.75, 3.05) is 20.3 Å². The highest BCUT2D eigenvalue weighted by Gasteiger charge is 2.34. The van der Waals surface area contributed by atoms with Gasteiger partial charge in [-0.3, -0.25) is 9.89 Å². The Balaban J connectivity index is 1.78. The molecule has 0 saturated carbocycles. The van der Waals surface area contributed by atoms with E-state index in [4.69, 9.17) is 9.47 Å². The molecule has 1 N–H and O–H groups in total. The number of methoxy groups -OCH3 is 1. The Bertz CT molecular complexity index is 835. The summed E-state index contributed by atoms with van der Waals surface area (Å²) in [5.41, 5.74) is 0.640. The molecule has 6 nitrogen and oxygen atoms in total. The van der Waals surface area contributed by atoms with Crippen LogP contribution in [0.3, 0.4) is 0 Å². The summed E-state index contributed by atoms with van der Waals surface area (Å²) in [7, 11) is 1.55. The molecule has 0 aliphatic carbocycles. The largest absolute Gasteiger partial charge is 0.490 e. The van der Waals surface area contributed by atoms with E-state index >= 15 is 0 Å². The van der Waals surface area contributed by atoms with Crippen molar-refractivity contribution in [2.45, 2.75) is 38.6 Å². The number of benzene rings is 1. The molecule has 0 bridgehead atoms. The van der Waals surface area contributed by atoms with E-state index in [1.807, 2.05) is 30.2 Å². The first kappa shape index (κ1) is 20.2. The number of aromatic amines is 1. The zero-order chi connectivity index (χ0) is 20.3. The SMILES string of the molecule is COCCCN(Cc1ccc2c(c1)CC(C)O2)C(=O)c1cc(C(F)(F)F)[nH]n1. The molecular formula is C19H22F3N3O3. The number of H-pyrrole nitrogens is 1. The maximum absolute atomic E-state index is 12.8. The van der Waals surface area contributed by atoms with Crippen molar-refractivity contribution in [1.29, 1.82) is 0 Å². The van der Waals surface area contributed by atoms with E-state index in [2.05, 4.69) is 5.10 Å². The summed E-state index contributed by atoms with van der Waals surface area (Å²) in [5, 5.41) is 5.44. The van der Waals surface area contributed by atoms with Crippen LogP contribution in [0.4, 0.5) is 13.2 Å². The molecule has 1 aliphatic rings. The first-order chi connectivity index (χ1) is 13.3. The molecule has 1 aliphatic heterocycles. The summed E-state index contributed by atoms with van der Waals surface area (Å²) in [6, 6.07) is 6.44. The molecule has 28 heavy (non-hydrogen) atoms. The fourth-order valence-electron chi connectivity index (χ4n) is 3.18. The molecule has 2 heterocycles. The lowest BCUT2D eigenvalue weighted by atomic mass is 10.1. The molecule has 1 atom stereocenters. The van der Waals surface area contributed by atoms with Crippen molar-refractivity contribution in [2.24, 2.45) is 0 Å². The van der Waals surface area contributed by atoms with Gasteiger partial charge < -0.3 is 14.4 Å². The highest BCUT2D eigenvalue weighted by atomic mass is 19.4. The van der Waals surface area contributed by atoms with E-state index in [9.17, 15) is 18.0 Å². The van der Waals surface area contributed by atoms with Crippen LogP contribution in [0, 0.1) is 0 Å². The number of hydrogen-bond donors (Lipinski definition) is 1. The van der Waals surface area contributed by atoms with Gasteiger partial charge in [0, 0.05) is 39.3 Å². The Morgan fingerprint density at radius 1 is 1.39 bits per heavy atom. The molecule has 0 radical (unpaired) electrons. The van der Waals surface area contributed by atoms with Gasteiger partial charge in [0.2, 0.25) is 0 Å². The van der Waals surface area contributed by atoms with Gasteiger partial charge in [-0.05, 0) is 30.5 Å². The van der Waals surface area contributed by atoms with E-state index in [1.165, 1.54) is 4.90 Å². The Hall–Kier alpha value is -2.55. The molecule has 152 valence electrons. The van der Waals surface area contributed by atoms with Gasteiger partial charge in [-0.25, -0.2) is 0 Å². The number of amides is 1. The number of rotatable bonds is 7. The first-order valence-corrected chi connectivity index (χ1v) is 8.97. The number of fused-ring (bicyclic) bond motifs is 1. The van der Waals surface area contributed by atoms with E-state index < -0.39 is 17.8 Å². The first-order valence-electron chi connectivity index (χ1n) is 8.97. The zero-order valence-corrected chi connectivity index (χ0v) is 15.7. The van der Waals surface area contributed by atoms with Gasteiger partial charge in [0.15, 0.2) is 5.69 Å². The second kappa shape index (κ2) is 8.22. The smallest absolute Gasteiger partial charge is 0.432 e. The van der Waals surface area contributed by atoms with Gasteiger partial charge in [0.05, 0.1) is 0 Å². The number of nitrogens with zero attached hydrogens (tertiary/aromatic N) is 2. The summed E-state index contributed by atoms with van der Waals surface area (Å²) < 4.78 is 49.1. The average Bonchev–Trinajstić information content (AvgIpc) is 3.25. The van der Waals surface area contributed by atoms with Crippen LogP contribution >= 0.6 is 0 Å². The average molecular weight is 397 g/mol. The molecule has 1 unspecified atom stereocenters. The Kier molecular flexibility index (Phi) is 5.93. The van der Waals surface area contributed by atoms with Crippen molar-refractivity contribution in [3.63, 3.8) is 0 Å². The highest BCUT2D eigenvalue weighted by Crippen LogP contribution is 2.30. The van der Waals surface area contributed by atoms with E-state index in [0.717, 1.165) is 29.4 Å². The van der Waals surface area contributed by atoms with Crippen molar-refractivity contribution in [1.82, 2.24) is 15.1 Å². The van der Waals surface area contributed by atoms with Crippen LogP contribution in [-0.2, 0) is 23.9 Å². The van der Waals surface area contributed by atoms with Crippen molar-refractivity contribution < 1.29 is 27.4 Å². The molecule has 3 rings (SSSR count). The number of carbonyl (C=O) groups is 1. The molecule has 1 aromatic carbocycles. The van der Waals surface area contributed by atoms with Crippen LogP contribution in [0.2, 0.25) is 0 Å². The monoisotopic (exact) mass is 397 g/mol. The molecule has 1 amide bonds. The predicted molar refractivity (Wildman–Crippen MR) is 95.1 cm³/mol. The number of alkyl halides is 3. The number of aromatic nitrogens is 2. The quantitative estimate of drug-likeness (QED) is 0.727. The topological polar surface area (TPSA) is 67.5 Å². The van der Waals surface area contributed by atoms with Crippen molar-refractivity contribution >= 4 is 5.91 Å². The minimum Gasteiger partial charge on any atom is -0.490 e. The summed E-state index contributed by atoms with van der Waals surface area (Å²) >= 11 is 0. The number of hydrogen-bond acceptors (Lipinski definition) is 4. The number of nitrogens with one attached hydrogen (secondary N) is 1. The molecule has 0 spiro atoms. The Labute approximate surface area is 160 Å². The normalized spacial score (nSPS) is 16.0. The molecular weight excluding hydrogens is 375 g/mol. The number of ether oxygens (including phenoxy) is 2. The number of halogens is 3. The fraction of sp³-hybridized carbons (Fsp3) is 0.474. The van der Waals surface area contributed by atoms with Gasteiger partial charge in [0.1, 0.15) is 17.5 Å². The summed E-state index contributed by atoms with van der Waals surface area (Å²) in [5.74, 6) is 0.267. The van der Waals surface area contributed by atoms with Crippen LogP contribution in [0.15, 0.2) is 24.3 Å². The third-order valence-corrected chi connectivity index (χ3v) is 4.50. The number of carbonyl (C=O) groups excluding carboxylic acids is 1. The third-order valence-electron chi connectivity index (χ3n) is 4.50. The molecule has 0 fully saturated rings. The zero-order valence-electron chi connectivity index (χ0n) is 15.7. The Morgan fingerprint density at radius 2 is 2.18 bits per heavy atom. The lowest BCUT2D eigenvalue weighted by Crippen LogP contribution is -2.32. The van der Waals surface area contributed by atoms with Gasteiger partial charge in [-0.15, -0.1) is 0 Å². The summed E-state index contributed by atoms with van der Waals surface area (Å²) in [6.07, 6.45) is -3.13. The Morgan fingerprint density at radius 3 is 2.86 bits per heavy atom. The van der Waals surface area contributed by atoms with E-state index in [-0.39, 0.29) is 18.3 Å².